The van der Waals surface area contributed by atoms with Crippen molar-refractivity contribution in [2.75, 3.05) is 0 Å². The van der Waals surface area contributed by atoms with Gasteiger partial charge in [-0.1, -0.05) is 182 Å². The summed E-state index contributed by atoms with van der Waals surface area (Å²) in [6.07, 6.45) is 0. The minimum Gasteiger partial charge on any atom is -0.245 e. The van der Waals surface area contributed by atoms with Crippen LogP contribution in [-0.2, 0) is 5.41 Å². The van der Waals surface area contributed by atoms with E-state index in [1.165, 1.54) is 49.7 Å². The number of hydrogen-bond acceptors (Lipinski definition) is 2. The molecule has 0 amide bonds. The van der Waals surface area contributed by atoms with Gasteiger partial charge in [-0.25, -0.2) is 9.97 Å². The smallest absolute Gasteiger partial charge is 0.0972 e. The molecule has 0 fully saturated rings. The highest BCUT2D eigenvalue weighted by atomic mass is 14.8. The van der Waals surface area contributed by atoms with Gasteiger partial charge in [0.25, 0.3) is 0 Å². The number of rotatable bonds is 5. The van der Waals surface area contributed by atoms with E-state index in [-0.39, 0.29) is 0 Å². The van der Waals surface area contributed by atoms with Crippen molar-refractivity contribution in [2.45, 2.75) is 5.41 Å². The van der Waals surface area contributed by atoms with Crippen LogP contribution >= 0.6 is 0 Å². The summed E-state index contributed by atoms with van der Waals surface area (Å²) < 4.78 is 0. The van der Waals surface area contributed by atoms with E-state index in [2.05, 4.69) is 200 Å². The Bertz CT molecular complexity index is 3030. The average molecular weight is 699 g/mol. The first kappa shape index (κ1) is 31.4. The summed E-state index contributed by atoms with van der Waals surface area (Å²) >= 11 is 0. The van der Waals surface area contributed by atoms with Gasteiger partial charge in [0.05, 0.1) is 27.8 Å². The Kier molecular flexibility index (Phi) is 7.11. The lowest BCUT2D eigenvalue weighted by Crippen LogP contribution is -2.28. The zero-order valence-electron chi connectivity index (χ0n) is 30.0. The lowest BCUT2D eigenvalue weighted by atomic mass is 9.67. The average Bonchev–Trinajstić information content (AvgIpc) is 3.56. The standard InChI is InChI=1S/C53H34N2/c1-4-16-36(17-5-1)49-31-29-37-27-28-38-30-32-50(55-52(38)51(37)54-49)46-34-48-45(33-44(46)42-25-14-18-35-15-10-11-23-41(35)42)43-24-12-13-26-47(43)53(48,39-19-6-2-7-20-39)40-21-8-3-9-22-40/h1-34H. The maximum absolute atomic E-state index is 5.58. The largest absolute Gasteiger partial charge is 0.245 e. The first-order valence-corrected chi connectivity index (χ1v) is 18.9. The van der Waals surface area contributed by atoms with Gasteiger partial charge in [-0.3, -0.25) is 0 Å². The topological polar surface area (TPSA) is 25.8 Å². The quantitative estimate of drug-likeness (QED) is 0.167. The second-order valence-corrected chi connectivity index (χ2v) is 14.5. The Balaban J connectivity index is 1.25. The lowest BCUT2D eigenvalue weighted by Gasteiger charge is -2.34. The van der Waals surface area contributed by atoms with Crippen LogP contribution in [0.3, 0.4) is 0 Å². The van der Waals surface area contributed by atoms with Gasteiger partial charge < -0.3 is 0 Å². The van der Waals surface area contributed by atoms with E-state index < -0.39 is 5.41 Å². The second-order valence-electron chi connectivity index (χ2n) is 14.5. The molecule has 1 aliphatic carbocycles. The van der Waals surface area contributed by atoms with E-state index in [0.717, 1.165) is 49.9 Å². The van der Waals surface area contributed by atoms with Crippen LogP contribution in [0.4, 0.5) is 0 Å². The van der Waals surface area contributed by atoms with Crippen molar-refractivity contribution in [3.63, 3.8) is 0 Å². The van der Waals surface area contributed by atoms with Gasteiger partial charge in [0, 0.05) is 21.9 Å². The number of fused-ring (bicyclic) bond motifs is 7. The van der Waals surface area contributed by atoms with Crippen LogP contribution in [0, 0.1) is 0 Å². The molecular formula is C53H34N2. The molecule has 0 saturated heterocycles. The Hall–Kier alpha value is -7.16. The second kappa shape index (κ2) is 12.5. The van der Waals surface area contributed by atoms with E-state index in [0.29, 0.717) is 0 Å². The molecule has 55 heavy (non-hydrogen) atoms. The zero-order chi connectivity index (χ0) is 36.3. The molecule has 0 atom stereocenters. The first-order chi connectivity index (χ1) is 27.3. The van der Waals surface area contributed by atoms with Gasteiger partial charge >= 0.3 is 0 Å². The summed E-state index contributed by atoms with van der Waals surface area (Å²) in [6.45, 7) is 0. The van der Waals surface area contributed by atoms with Crippen molar-refractivity contribution in [3.8, 4) is 44.8 Å². The highest BCUT2D eigenvalue weighted by Crippen LogP contribution is 2.58. The molecular weight excluding hydrogens is 665 g/mol. The van der Waals surface area contributed by atoms with Crippen LogP contribution in [0.2, 0.25) is 0 Å². The molecule has 8 aromatic carbocycles. The fourth-order valence-electron chi connectivity index (χ4n) is 9.07. The van der Waals surface area contributed by atoms with Crippen molar-refractivity contribution in [3.05, 3.63) is 229 Å². The SMILES string of the molecule is c1ccc(-c2ccc3ccc4ccc(-c5cc6c(cc5-c5cccc7ccccc57)-c5ccccc5C6(c5ccccc5)c5ccccc5)nc4c3n2)cc1. The van der Waals surface area contributed by atoms with Crippen LogP contribution in [0.1, 0.15) is 22.3 Å². The number of hydrogen-bond donors (Lipinski definition) is 0. The van der Waals surface area contributed by atoms with E-state index in [1.54, 1.807) is 0 Å². The molecule has 0 N–H and O–H groups in total. The Morgan fingerprint density at radius 1 is 0.309 bits per heavy atom. The molecule has 0 spiro atoms. The van der Waals surface area contributed by atoms with Gasteiger partial charge in [-0.15, -0.1) is 0 Å². The van der Waals surface area contributed by atoms with Crippen molar-refractivity contribution in [1.29, 1.82) is 0 Å². The van der Waals surface area contributed by atoms with Gasteiger partial charge in [-0.2, -0.15) is 0 Å². The van der Waals surface area contributed by atoms with E-state index in [4.69, 9.17) is 9.97 Å². The zero-order valence-corrected chi connectivity index (χ0v) is 30.0. The first-order valence-electron chi connectivity index (χ1n) is 18.9. The molecule has 1 aliphatic rings. The van der Waals surface area contributed by atoms with Gasteiger partial charge in [0.2, 0.25) is 0 Å². The molecule has 11 rings (SSSR count). The molecule has 0 unspecified atom stereocenters. The number of pyridine rings is 2. The third-order valence-electron chi connectivity index (χ3n) is 11.5. The molecule has 0 saturated carbocycles. The summed E-state index contributed by atoms with van der Waals surface area (Å²) in [5.74, 6) is 0. The molecule has 2 aromatic heterocycles. The van der Waals surface area contributed by atoms with Crippen LogP contribution in [0.5, 0.6) is 0 Å². The van der Waals surface area contributed by atoms with E-state index in [1.807, 2.05) is 6.07 Å². The van der Waals surface area contributed by atoms with Gasteiger partial charge in [0.15, 0.2) is 0 Å². The number of aromatic nitrogens is 2. The Labute approximate surface area is 320 Å². The summed E-state index contributed by atoms with van der Waals surface area (Å²) in [4.78, 5) is 10.8. The summed E-state index contributed by atoms with van der Waals surface area (Å²) in [7, 11) is 0. The highest BCUT2D eigenvalue weighted by molar-refractivity contribution is 6.06. The summed E-state index contributed by atoms with van der Waals surface area (Å²) in [6, 6.07) is 74.6. The molecule has 2 heteroatoms. The van der Waals surface area contributed by atoms with Crippen LogP contribution < -0.4 is 0 Å². The minimum absolute atomic E-state index is 0.532. The van der Waals surface area contributed by atoms with Crippen LogP contribution in [0.15, 0.2) is 206 Å². The number of nitrogens with zero attached hydrogens (tertiary/aromatic N) is 2. The minimum atomic E-state index is -0.532. The monoisotopic (exact) mass is 698 g/mol. The number of benzene rings is 8. The predicted molar refractivity (Wildman–Crippen MR) is 228 cm³/mol. The molecule has 2 heterocycles. The normalized spacial score (nSPS) is 12.9. The van der Waals surface area contributed by atoms with Crippen molar-refractivity contribution in [2.24, 2.45) is 0 Å². The van der Waals surface area contributed by atoms with E-state index >= 15 is 0 Å². The maximum Gasteiger partial charge on any atom is 0.0972 e. The molecule has 0 aliphatic heterocycles. The van der Waals surface area contributed by atoms with Gasteiger partial charge in [-0.05, 0) is 79.5 Å². The van der Waals surface area contributed by atoms with E-state index in [9.17, 15) is 0 Å². The fraction of sp³-hybridized carbons (Fsp3) is 0.0189. The molecule has 256 valence electrons. The highest BCUT2D eigenvalue weighted by Gasteiger charge is 2.46. The third kappa shape index (κ3) is 4.82. The van der Waals surface area contributed by atoms with Gasteiger partial charge in [0.1, 0.15) is 0 Å². The summed E-state index contributed by atoms with van der Waals surface area (Å²) in [5, 5.41) is 4.57. The van der Waals surface area contributed by atoms with Crippen LogP contribution in [0.25, 0.3) is 77.3 Å². The molecule has 0 bridgehead atoms. The van der Waals surface area contributed by atoms with Crippen LogP contribution in [-0.4, -0.2) is 9.97 Å². The summed E-state index contributed by atoms with van der Waals surface area (Å²) in [5.41, 5.74) is 15.2. The van der Waals surface area contributed by atoms with Crippen molar-refractivity contribution in [1.82, 2.24) is 9.97 Å². The predicted octanol–water partition coefficient (Wildman–Crippen LogP) is 13.3. The fourth-order valence-corrected chi connectivity index (χ4v) is 9.07. The van der Waals surface area contributed by atoms with Crippen molar-refractivity contribution >= 4 is 32.6 Å². The lowest BCUT2D eigenvalue weighted by molar-refractivity contribution is 0.769. The Morgan fingerprint density at radius 2 is 0.855 bits per heavy atom. The maximum atomic E-state index is 5.58. The molecule has 2 nitrogen and oxygen atoms in total. The molecule has 0 radical (unpaired) electrons. The third-order valence-corrected chi connectivity index (χ3v) is 11.5. The molecule has 10 aromatic rings. The van der Waals surface area contributed by atoms with Crippen molar-refractivity contribution < 1.29 is 0 Å². The Morgan fingerprint density at radius 3 is 1.58 bits per heavy atom.